The van der Waals surface area contributed by atoms with E-state index in [1.54, 1.807) is 0 Å². The number of ether oxygens (including phenoxy) is 1. The molecule has 4 aliphatic rings. The van der Waals surface area contributed by atoms with Gasteiger partial charge in [0.05, 0.1) is 7.11 Å². The fourth-order valence-electron chi connectivity index (χ4n) is 6.24. The quantitative estimate of drug-likeness (QED) is 0.814. The molecule has 5 heteroatoms. The molecule has 3 fully saturated rings. The zero-order chi connectivity index (χ0) is 18.1. The molecule has 1 aliphatic carbocycles. The normalized spacial score (nSPS) is 38.0. The van der Waals surface area contributed by atoms with Gasteiger partial charge in [0, 0.05) is 35.1 Å². The van der Waals surface area contributed by atoms with E-state index < -0.39 is 11.6 Å². The van der Waals surface area contributed by atoms with Crippen LogP contribution in [0.3, 0.4) is 0 Å². The highest BCUT2D eigenvalue weighted by molar-refractivity contribution is 5.91. The molecule has 2 aromatic rings. The summed E-state index contributed by atoms with van der Waals surface area (Å²) in [5.74, 6) is 0.354. The Hall–Kier alpha value is -1.85. The van der Waals surface area contributed by atoms with Gasteiger partial charge >= 0.3 is 5.97 Å². The summed E-state index contributed by atoms with van der Waals surface area (Å²) in [5, 5.41) is 12.1. The predicted molar refractivity (Wildman–Crippen MR) is 98.7 cm³/mol. The van der Waals surface area contributed by atoms with Gasteiger partial charge in [0.15, 0.2) is 0 Å². The molecule has 1 aromatic carbocycles. The van der Waals surface area contributed by atoms with Gasteiger partial charge in [-0.1, -0.05) is 31.5 Å². The number of aromatic amines is 1. The standard InChI is InChI=1S/C21H26N2O3/c1-3-12-10-13-11-21(20(25)26-2)17-15(8-9-23(18(12)21)19(13)24)14-6-4-5-7-16(14)22-17/h4-7,12-13,18-19,22,24H,3,8-11H2,1-2H3/t12-,13+,18-,19-,21+/m0/s1. The fourth-order valence-corrected chi connectivity index (χ4v) is 6.24. The number of fused-ring (bicyclic) bond motifs is 4. The van der Waals surface area contributed by atoms with Crippen molar-refractivity contribution in [2.45, 2.75) is 50.3 Å². The average Bonchev–Trinajstić information content (AvgIpc) is 3.00. The van der Waals surface area contributed by atoms with E-state index >= 15 is 0 Å². The van der Waals surface area contributed by atoms with Crippen molar-refractivity contribution in [2.75, 3.05) is 13.7 Å². The Kier molecular flexibility index (Phi) is 3.50. The lowest BCUT2D eigenvalue weighted by molar-refractivity contribution is -0.196. The summed E-state index contributed by atoms with van der Waals surface area (Å²) in [6.45, 7) is 2.98. The van der Waals surface area contributed by atoms with Gasteiger partial charge in [-0.25, -0.2) is 0 Å². The molecular formula is C21H26N2O3. The number of aromatic nitrogens is 1. The summed E-state index contributed by atoms with van der Waals surface area (Å²) < 4.78 is 5.39. The van der Waals surface area contributed by atoms with Crippen molar-refractivity contribution in [1.82, 2.24) is 9.88 Å². The number of piperidine rings is 2. The Labute approximate surface area is 153 Å². The molecule has 3 aliphatic heterocycles. The minimum absolute atomic E-state index is 0.00531. The molecule has 0 radical (unpaired) electrons. The number of para-hydroxylation sites is 1. The molecule has 1 saturated carbocycles. The van der Waals surface area contributed by atoms with Crippen LogP contribution in [0, 0.1) is 11.8 Å². The first-order chi connectivity index (χ1) is 12.6. The lowest BCUT2D eigenvalue weighted by Crippen LogP contribution is -2.70. The van der Waals surface area contributed by atoms with Gasteiger partial charge in [-0.2, -0.15) is 0 Å². The Bertz CT molecular complexity index is 875. The molecule has 1 unspecified atom stereocenters. The van der Waals surface area contributed by atoms with Crippen LogP contribution < -0.4 is 0 Å². The summed E-state index contributed by atoms with van der Waals surface area (Å²) in [5.41, 5.74) is 2.64. The van der Waals surface area contributed by atoms with E-state index in [9.17, 15) is 9.90 Å². The maximum absolute atomic E-state index is 13.3. The first-order valence-electron chi connectivity index (χ1n) is 9.74. The maximum atomic E-state index is 13.3. The summed E-state index contributed by atoms with van der Waals surface area (Å²) >= 11 is 0. The molecule has 4 heterocycles. The van der Waals surface area contributed by atoms with Crippen molar-refractivity contribution >= 4 is 16.9 Å². The van der Waals surface area contributed by atoms with Gasteiger partial charge in [0.1, 0.15) is 11.6 Å². The third-order valence-corrected chi connectivity index (χ3v) is 7.21. The Balaban J connectivity index is 1.81. The van der Waals surface area contributed by atoms with Crippen molar-refractivity contribution in [3.8, 4) is 0 Å². The molecule has 26 heavy (non-hydrogen) atoms. The van der Waals surface area contributed by atoms with Crippen LogP contribution >= 0.6 is 0 Å². The molecule has 0 amide bonds. The van der Waals surface area contributed by atoms with Gasteiger partial charge in [0.2, 0.25) is 0 Å². The number of nitrogens with one attached hydrogen (secondary N) is 1. The molecule has 6 atom stereocenters. The minimum atomic E-state index is -0.706. The third kappa shape index (κ3) is 1.85. The predicted octanol–water partition coefficient (Wildman–Crippen LogP) is 2.57. The summed E-state index contributed by atoms with van der Waals surface area (Å²) in [4.78, 5) is 19.1. The first kappa shape index (κ1) is 16.3. The van der Waals surface area contributed by atoms with Crippen LogP contribution in [0.1, 0.15) is 37.4 Å². The van der Waals surface area contributed by atoms with Crippen LogP contribution in [0.15, 0.2) is 24.3 Å². The second-order valence-electron chi connectivity index (χ2n) is 8.20. The van der Waals surface area contributed by atoms with Crippen LogP contribution in [0.25, 0.3) is 10.9 Å². The average molecular weight is 354 g/mol. The number of rotatable bonds is 2. The van der Waals surface area contributed by atoms with Crippen molar-refractivity contribution in [1.29, 1.82) is 0 Å². The zero-order valence-electron chi connectivity index (χ0n) is 15.4. The highest BCUT2D eigenvalue weighted by atomic mass is 16.5. The summed E-state index contributed by atoms with van der Waals surface area (Å²) in [6.07, 6.45) is 3.06. The number of hydrogen-bond donors (Lipinski definition) is 2. The van der Waals surface area contributed by atoms with E-state index in [0.29, 0.717) is 12.3 Å². The molecule has 6 rings (SSSR count). The molecule has 2 saturated heterocycles. The SMILES string of the molecule is CC[C@H]1C[C@@H]2C[C@@]3(C(=O)OC)c4[nH]c5ccccc5c4CCN([C@@H]13)[C@H]2O. The number of carbonyl (C=O) groups excluding carboxylic acids is 1. The fraction of sp³-hybridized carbons (Fsp3) is 0.571. The number of H-pyrrole nitrogens is 1. The van der Waals surface area contributed by atoms with E-state index in [-0.39, 0.29) is 17.9 Å². The number of benzene rings is 1. The van der Waals surface area contributed by atoms with Gasteiger partial charge in [0.25, 0.3) is 0 Å². The molecule has 0 spiro atoms. The van der Waals surface area contributed by atoms with Gasteiger partial charge in [-0.15, -0.1) is 0 Å². The summed E-state index contributed by atoms with van der Waals surface area (Å²) in [6, 6.07) is 8.29. The number of aliphatic hydroxyl groups is 1. The molecule has 2 N–H and O–H groups in total. The van der Waals surface area contributed by atoms with Crippen molar-refractivity contribution < 1.29 is 14.6 Å². The molecular weight excluding hydrogens is 328 g/mol. The lowest BCUT2D eigenvalue weighted by Gasteiger charge is -2.59. The topological polar surface area (TPSA) is 65.6 Å². The van der Waals surface area contributed by atoms with E-state index in [0.717, 1.165) is 37.0 Å². The number of aliphatic hydroxyl groups excluding tert-OH is 1. The van der Waals surface area contributed by atoms with E-state index in [4.69, 9.17) is 4.74 Å². The molecule has 138 valence electrons. The monoisotopic (exact) mass is 354 g/mol. The Morgan fingerprint density at radius 2 is 2.23 bits per heavy atom. The van der Waals surface area contributed by atoms with Gasteiger partial charge in [-0.05, 0) is 36.8 Å². The number of methoxy groups -OCH3 is 1. The van der Waals surface area contributed by atoms with Crippen molar-refractivity contribution in [2.24, 2.45) is 11.8 Å². The first-order valence-corrected chi connectivity index (χ1v) is 9.74. The second-order valence-corrected chi connectivity index (χ2v) is 8.20. The third-order valence-electron chi connectivity index (χ3n) is 7.21. The van der Waals surface area contributed by atoms with Crippen molar-refractivity contribution in [3.63, 3.8) is 0 Å². The number of hydrogen-bond acceptors (Lipinski definition) is 4. The summed E-state index contributed by atoms with van der Waals surface area (Å²) in [7, 11) is 1.49. The van der Waals surface area contributed by atoms with Crippen LogP contribution in [-0.2, 0) is 21.4 Å². The minimum Gasteiger partial charge on any atom is -0.468 e. The number of nitrogens with zero attached hydrogens (tertiary/aromatic N) is 1. The Morgan fingerprint density at radius 1 is 1.42 bits per heavy atom. The van der Waals surface area contributed by atoms with Crippen LogP contribution in [0.4, 0.5) is 0 Å². The molecule has 1 aromatic heterocycles. The van der Waals surface area contributed by atoms with Crippen LogP contribution in [0.2, 0.25) is 0 Å². The largest absolute Gasteiger partial charge is 0.468 e. The van der Waals surface area contributed by atoms with Crippen LogP contribution in [-0.4, -0.2) is 46.9 Å². The number of carbonyl (C=O) groups is 1. The van der Waals surface area contributed by atoms with E-state index in [1.165, 1.54) is 18.1 Å². The van der Waals surface area contributed by atoms with E-state index in [2.05, 4.69) is 35.0 Å². The highest BCUT2D eigenvalue weighted by Crippen LogP contribution is 2.56. The molecule has 4 bridgehead atoms. The second kappa shape index (κ2) is 5.57. The van der Waals surface area contributed by atoms with Crippen molar-refractivity contribution in [3.05, 3.63) is 35.5 Å². The Morgan fingerprint density at radius 3 is 3.00 bits per heavy atom. The van der Waals surface area contributed by atoms with Gasteiger partial charge < -0.3 is 14.8 Å². The van der Waals surface area contributed by atoms with Gasteiger partial charge in [-0.3, -0.25) is 9.69 Å². The zero-order valence-corrected chi connectivity index (χ0v) is 15.4. The molecule has 5 nitrogen and oxygen atoms in total. The smallest absolute Gasteiger partial charge is 0.319 e. The number of esters is 1. The van der Waals surface area contributed by atoms with Crippen LogP contribution in [0.5, 0.6) is 0 Å². The highest BCUT2D eigenvalue weighted by Gasteiger charge is 2.65. The maximum Gasteiger partial charge on any atom is 0.319 e. The lowest BCUT2D eigenvalue weighted by atomic mass is 9.56. The van der Waals surface area contributed by atoms with E-state index in [1.807, 2.05) is 6.07 Å².